The van der Waals surface area contributed by atoms with E-state index in [0.29, 0.717) is 7.92 Å². The lowest BCUT2D eigenvalue weighted by atomic mass is 10.3. The maximum Gasteiger partial charge on any atom is -0.0238 e. The Bertz CT molecular complexity index is 90.9. The van der Waals surface area contributed by atoms with Crippen LogP contribution in [0, 0.1) is 0 Å². The Morgan fingerprint density at radius 3 is 2.00 bits per heavy atom. The first-order valence-corrected chi connectivity index (χ1v) is 6.78. The molecule has 0 fully saturated rings. The average molecular weight is 174 g/mol. The van der Waals surface area contributed by atoms with Crippen molar-refractivity contribution in [2.45, 2.75) is 58.3 Å². The molecule has 0 rings (SSSR count). The fourth-order valence-electron chi connectivity index (χ4n) is 1.34. The minimum absolute atomic E-state index is 0.291. The van der Waals surface area contributed by atoms with Crippen LogP contribution < -0.4 is 0 Å². The van der Waals surface area contributed by atoms with E-state index in [1.165, 1.54) is 19.3 Å². The fourth-order valence-corrected chi connectivity index (χ4v) is 3.45. The van der Waals surface area contributed by atoms with Gasteiger partial charge >= 0.3 is 0 Å². The molecule has 0 N–H and O–H groups in total. The minimum atomic E-state index is 0.291. The summed E-state index contributed by atoms with van der Waals surface area (Å²) in [7, 11) is 0.291. The number of hydrogen-bond acceptors (Lipinski definition) is 0. The molecule has 0 radical (unpaired) electrons. The van der Waals surface area contributed by atoms with Gasteiger partial charge in [0, 0.05) is 0 Å². The highest BCUT2D eigenvalue weighted by Crippen LogP contribution is 2.45. The largest absolute Gasteiger partial charge is 0.104 e. The summed E-state index contributed by atoms with van der Waals surface area (Å²) >= 11 is 0. The lowest BCUT2D eigenvalue weighted by Gasteiger charge is -2.25. The van der Waals surface area contributed by atoms with Crippen molar-refractivity contribution in [2.75, 3.05) is 6.66 Å². The smallest absolute Gasteiger partial charge is 0.0238 e. The molecule has 0 aromatic heterocycles. The molecule has 0 heterocycles. The molecule has 0 amide bonds. The second-order valence-electron chi connectivity index (χ2n) is 3.56. The quantitative estimate of drug-likeness (QED) is 0.551. The van der Waals surface area contributed by atoms with Crippen molar-refractivity contribution in [3.05, 3.63) is 0 Å². The van der Waals surface area contributed by atoms with Crippen LogP contribution in [0.2, 0.25) is 0 Å². The van der Waals surface area contributed by atoms with Crippen molar-refractivity contribution < 1.29 is 0 Å². The normalized spacial score (nSPS) is 19.4. The summed E-state index contributed by atoms with van der Waals surface area (Å²) in [6.07, 6.45) is 4.13. The van der Waals surface area contributed by atoms with Gasteiger partial charge in [-0.1, -0.05) is 34.1 Å². The molecule has 3 unspecified atom stereocenters. The highest BCUT2D eigenvalue weighted by molar-refractivity contribution is 7.58. The monoisotopic (exact) mass is 174 g/mol. The van der Waals surface area contributed by atoms with Crippen LogP contribution in [-0.2, 0) is 0 Å². The van der Waals surface area contributed by atoms with Gasteiger partial charge in [-0.15, -0.1) is 7.92 Å². The first-order chi connectivity index (χ1) is 5.13. The van der Waals surface area contributed by atoms with Gasteiger partial charge < -0.3 is 0 Å². The molecule has 0 nitrogen and oxygen atoms in total. The van der Waals surface area contributed by atoms with Gasteiger partial charge in [-0.05, 0) is 30.8 Å². The van der Waals surface area contributed by atoms with Crippen LogP contribution in [0.3, 0.4) is 0 Å². The van der Waals surface area contributed by atoms with E-state index >= 15 is 0 Å². The third-order valence-corrected chi connectivity index (χ3v) is 6.09. The molecule has 0 aliphatic rings. The zero-order chi connectivity index (χ0) is 8.85. The Balaban J connectivity index is 3.70. The van der Waals surface area contributed by atoms with Gasteiger partial charge in [0.25, 0.3) is 0 Å². The van der Waals surface area contributed by atoms with Crippen LogP contribution in [0.25, 0.3) is 0 Å². The van der Waals surface area contributed by atoms with Gasteiger partial charge in [0.1, 0.15) is 0 Å². The van der Waals surface area contributed by atoms with Crippen molar-refractivity contribution in [3.8, 4) is 0 Å². The van der Waals surface area contributed by atoms with Crippen molar-refractivity contribution in [2.24, 2.45) is 0 Å². The van der Waals surface area contributed by atoms with E-state index in [-0.39, 0.29) is 0 Å². The first-order valence-electron chi connectivity index (χ1n) is 4.85. The molecule has 0 saturated carbocycles. The number of hydrogen-bond donors (Lipinski definition) is 0. The van der Waals surface area contributed by atoms with E-state index in [2.05, 4.69) is 34.4 Å². The van der Waals surface area contributed by atoms with Gasteiger partial charge in [-0.3, -0.25) is 0 Å². The zero-order valence-corrected chi connectivity index (χ0v) is 9.62. The van der Waals surface area contributed by atoms with E-state index in [0.717, 1.165) is 11.3 Å². The topological polar surface area (TPSA) is 0 Å². The number of rotatable bonds is 5. The second-order valence-corrected chi connectivity index (χ2v) is 6.65. The van der Waals surface area contributed by atoms with Crippen molar-refractivity contribution in [1.82, 2.24) is 0 Å². The minimum Gasteiger partial charge on any atom is -0.104 e. The molecule has 3 atom stereocenters. The van der Waals surface area contributed by atoms with Gasteiger partial charge in [0.15, 0.2) is 0 Å². The van der Waals surface area contributed by atoms with E-state index in [9.17, 15) is 0 Å². The zero-order valence-electron chi connectivity index (χ0n) is 8.72. The summed E-state index contributed by atoms with van der Waals surface area (Å²) in [4.78, 5) is 0. The fraction of sp³-hybridized carbons (Fsp3) is 1.00. The summed E-state index contributed by atoms with van der Waals surface area (Å²) < 4.78 is 0. The van der Waals surface area contributed by atoms with E-state index in [1.54, 1.807) is 0 Å². The molecule has 68 valence electrons. The Morgan fingerprint density at radius 1 is 1.09 bits per heavy atom. The summed E-state index contributed by atoms with van der Waals surface area (Å²) in [6, 6.07) is 0. The van der Waals surface area contributed by atoms with E-state index < -0.39 is 0 Å². The SMILES string of the molecule is CCCC(C)P(C)C(C)CC. The second kappa shape index (κ2) is 6.00. The lowest BCUT2D eigenvalue weighted by Crippen LogP contribution is -2.07. The molecule has 1 heteroatoms. The third-order valence-electron chi connectivity index (χ3n) is 2.69. The predicted molar refractivity (Wildman–Crippen MR) is 57.0 cm³/mol. The molecule has 0 aliphatic heterocycles. The summed E-state index contributed by atoms with van der Waals surface area (Å²) in [5.74, 6) is 0. The molecule has 0 saturated heterocycles. The molecule has 0 bridgehead atoms. The third kappa shape index (κ3) is 4.11. The summed E-state index contributed by atoms with van der Waals surface area (Å²) in [5, 5.41) is 0. The summed E-state index contributed by atoms with van der Waals surface area (Å²) in [5.41, 5.74) is 1.94. The highest BCUT2D eigenvalue weighted by atomic mass is 31.1. The lowest BCUT2D eigenvalue weighted by molar-refractivity contribution is 0.763. The van der Waals surface area contributed by atoms with Gasteiger partial charge in [-0.2, -0.15) is 0 Å². The average Bonchev–Trinajstić information content (AvgIpc) is 2.02. The van der Waals surface area contributed by atoms with Crippen LogP contribution in [0.1, 0.15) is 47.0 Å². The van der Waals surface area contributed by atoms with Crippen LogP contribution >= 0.6 is 7.92 Å². The highest BCUT2D eigenvalue weighted by Gasteiger charge is 2.15. The van der Waals surface area contributed by atoms with Crippen LogP contribution in [0.15, 0.2) is 0 Å². The van der Waals surface area contributed by atoms with Crippen LogP contribution in [0.4, 0.5) is 0 Å². The molecule has 0 aromatic rings. The molecule has 0 aromatic carbocycles. The maximum absolute atomic E-state index is 2.46. The predicted octanol–water partition coefficient (Wildman–Crippen LogP) is 4.09. The van der Waals surface area contributed by atoms with Gasteiger partial charge in [0.2, 0.25) is 0 Å². The van der Waals surface area contributed by atoms with Crippen LogP contribution in [-0.4, -0.2) is 18.0 Å². The first kappa shape index (κ1) is 11.4. The molecule has 11 heavy (non-hydrogen) atoms. The van der Waals surface area contributed by atoms with Crippen molar-refractivity contribution in [3.63, 3.8) is 0 Å². The molecule has 0 spiro atoms. The standard InChI is InChI=1S/C10H23P/c1-6-8-10(4)11(5)9(3)7-2/h9-10H,6-8H2,1-5H3. The summed E-state index contributed by atoms with van der Waals surface area (Å²) in [6.45, 7) is 11.9. The van der Waals surface area contributed by atoms with Crippen molar-refractivity contribution >= 4 is 7.92 Å². The van der Waals surface area contributed by atoms with E-state index in [4.69, 9.17) is 0 Å². The van der Waals surface area contributed by atoms with Gasteiger partial charge in [-0.25, -0.2) is 0 Å². The Labute approximate surface area is 73.5 Å². The van der Waals surface area contributed by atoms with E-state index in [1.807, 2.05) is 0 Å². The molecular formula is C10H23P. The molecule has 0 aliphatic carbocycles. The Hall–Kier alpha value is 0.430. The Morgan fingerprint density at radius 2 is 1.64 bits per heavy atom. The maximum atomic E-state index is 2.46. The van der Waals surface area contributed by atoms with Crippen LogP contribution in [0.5, 0.6) is 0 Å². The van der Waals surface area contributed by atoms with Crippen molar-refractivity contribution in [1.29, 1.82) is 0 Å². The molecular weight excluding hydrogens is 151 g/mol. The Kier molecular flexibility index (Phi) is 6.24. The van der Waals surface area contributed by atoms with Gasteiger partial charge in [0.05, 0.1) is 0 Å².